The lowest BCUT2D eigenvalue weighted by atomic mass is 9.80. The van der Waals surface area contributed by atoms with Crippen LogP contribution >= 0.6 is 0 Å². The number of pyridine rings is 1. The summed E-state index contributed by atoms with van der Waals surface area (Å²) < 4.78 is 14.8. The smallest absolute Gasteiger partial charge is 0.399 e. The largest absolute Gasteiger partial charge is 0.496 e. The average Bonchev–Trinajstić information content (AvgIpc) is 2.80. The maximum Gasteiger partial charge on any atom is 0.496 e. The van der Waals surface area contributed by atoms with E-state index in [1.165, 1.54) is 9.13 Å². The molecule has 0 radical (unpaired) electrons. The summed E-state index contributed by atoms with van der Waals surface area (Å²) in [6, 6.07) is 1.73. The third-order valence-electron chi connectivity index (χ3n) is 5.46. The van der Waals surface area contributed by atoms with E-state index in [4.69, 9.17) is 9.31 Å². The molecule has 8 heteroatoms. The van der Waals surface area contributed by atoms with Crippen LogP contribution in [0.3, 0.4) is 0 Å². The fourth-order valence-electron chi connectivity index (χ4n) is 3.02. The molecule has 0 N–H and O–H groups in total. The summed E-state index contributed by atoms with van der Waals surface area (Å²) in [5, 5.41) is 0.399. The van der Waals surface area contributed by atoms with Gasteiger partial charge in [0.1, 0.15) is 5.65 Å². The molecule has 2 aromatic rings. The van der Waals surface area contributed by atoms with E-state index in [2.05, 4.69) is 4.98 Å². The average molecular weight is 359 g/mol. The molecule has 0 saturated carbocycles. The van der Waals surface area contributed by atoms with E-state index in [9.17, 15) is 9.59 Å². The molecule has 0 bridgehead atoms. The zero-order valence-electron chi connectivity index (χ0n) is 16.3. The van der Waals surface area contributed by atoms with Crippen LogP contribution in [0.25, 0.3) is 11.0 Å². The minimum absolute atomic E-state index is 0.317. The second-order valence-electron chi connectivity index (χ2n) is 7.88. The fraction of sp³-hybridized carbons (Fsp3) is 0.611. The van der Waals surface area contributed by atoms with E-state index in [1.807, 2.05) is 34.6 Å². The molecule has 2 aromatic heterocycles. The maximum atomic E-state index is 12.9. The third-order valence-corrected chi connectivity index (χ3v) is 5.46. The molecular formula is C18H26BN3O4. The first-order valence-electron chi connectivity index (χ1n) is 9.04. The van der Waals surface area contributed by atoms with Crippen molar-refractivity contribution in [3.05, 3.63) is 33.1 Å². The molecule has 0 aliphatic carbocycles. The van der Waals surface area contributed by atoms with Crippen LogP contribution in [0.1, 0.15) is 47.5 Å². The first kappa shape index (κ1) is 18.9. The highest BCUT2D eigenvalue weighted by Gasteiger charge is 2.51. The van der Waals surface area contributed by atoms with Crippen LogP contribution in [-0.4, -0.2) is 32.4 Å². The van der Waals surface area contributed by atoms with Crippen molar-refractivity contribution in [2.45, 2.75) is 65.2 Å². The molecule has 3 heterocycles. The van der Waals surface area contributed by atoms with Gasteiger partial charge in [-0.3, -0.25) is 13.9 Å². The summed E-state index contributed by atoms with van der Waals surface area (Å²) in [5.74, 6) is 0. The fourth-order valence-corrected chi connectivity index (χ4v) is 3.02. The van der Waals surface area contributed by atoms with Crippen LogP contribution in [0.15, 0.2) is 21.9 Å². The van der Waals surface area contributed by atoms with Gasteiger partial charge in [-0.15, -0.1) is 0 Å². The molecule has 0 spiro atoms. The second kappa shape index (κ2) is 6.35. The lowest BCUT2D eigenvalue weighted by Crippen LogP contribution is -2.41. The quantitative estimate of drug-likeness (QED) is 0.767. The van der Waals surface area contributed by atoms with E-state index in [0.717, 1.165) is 12.8 Å². The number of fused-ring (bicyclic) bond motifs is 1. The van der Waals surface area contributed by atoms with Gasteiger partial charge in [0.05, 0.1) is 16.6 Å². The second-order valence-corrected chi connectivity index (χ2v) is 7.88. The van der Waals surface area contributed by atoms with E-state index in [0.29, 0.717) is 23.0 Å². The Morgan fingerprint density at radius 2 is 1.77 bits per heavy atom. The SMILES string of the molecule is CCCCn1c(=O)c2cc(B3OC(C)(C)C(C)(C)O3)cnc2n(C)c1=O. The Morgan fingerprint density at radius 3 is 2.35 bits per heavy atom. The van der Waals surface area contributed by atoms with Gasteiger partial charge in [-0.1, -0.05) is 13.3 Å². The summed E-state index contributed by atoms with van der Waals surface area (Å²) in [6.45, 7) is 10.3. The van der Waals surface area contributed by atoms with Gasteiger partial charge < -0.3 is 9.31 Å². The Labute approximate surface area is 153 Å². The highest BCUT2D eigenvalue weighted by molar-refractivity contribution is 6.62. The van der Waals surface area contributed by atoms with Gasteiger partial charge in [-0.25, -0.2) is 9.78 Å². The van der Waals surface area contributed by atoms with Crippen molar-refractivity contribution in [3.8, 4) is 0 Å². The zero-order valence-corrected chi connectivity index (χ0v) is 16.3. The highest BCUT2D eigenvalue weighted by Crippen LogP contribution is 2.36. The molecule has 7 nitrogen and oxygen atoms in total. The molecule has 140 valence electrons. The monoisotopic (exact) mass is 359 g/mol. The topological polar surface area (TPSA) is 75.3 Å². The van der Waals surface area contributed by atoms with Gasteiger partial charge in [-0.05, 0) is 40.2 Å². The molecular weight excluding hydrogens is 333 g/mol. The summed E-state index contributed by atoms with van der Waals surface area (Å²) in [5.41, 5.74) is -0.564. The third kappa shape index (κ3) is 2.91. The molecule has 0 unspecified atom stereocenters. The Kier molecular flexibility index (Phi) is 4.61. The Balaban J connectivity index is 2.12. The Bertz CT molecular complexity index is 945. The predicted octanol–water partition coefficient (Wildman–Crippen LogP) is 1.19. The summed E-state index contributed by atoms with van der Waals surface area (Å²) in [7, 11) is 1.03. The molecule has 0 amide bonds. The van der Waals surface area contributed by atoms with Crippen molar-refractivity contribution in [1.29, 1.82) is 0 Å². The first-order valence-corrected chi connectivity index (χ1v) is 9.04. The summed E-state index contributed by atoms with van der Waals surface area (Å²) >= 11 is 0. The van der Waals surface area contributed by atoms with E-state index >= 15 is 0 Å². The summed E-state index contributed by atoms with van der Waals surface area (Å²) in [4.78, 5) is 29.7. The highest BCUT2D eigenvalue weighted by atomic mass is 16.7. The molecule has 0 atom stereocenters. The van der Waals surface area contributed by atoms with Crippen LogP contribution in [0.4, 0.5) is 0 Å². The number of nitrogens with zero attached hydrogens (tertiary/aromatic N) is 3. The van der Waals surface area contributed by atoms with Crippen LogP contribution in [0.5, 0.6) is 0 Å². The van der Waals surface area contributed by atoms with Gasteiger partial charge in [0.25, 0.3) is 5.56 Å². The van der Waals surface area contributed by atoms with Crippen molar-refractivity contribution < 1.29 is 9.31 Å². The van der Waals surface area contributed by atoms with Gasteiger partial charge in [0.2, 0.25) is 0 Å². The molecule has 1 fully saturated rings. The molecule has 3 rings (SSSR count). The van der Waals surface area contributed by atoms with Gasteiger partial charge in [0.15, 0.2) is 0 Å². The Morgan fingerprint density at radius 1 is 1.15 bits per heavy atom. The van der Waals surface area contributed by atoms with Gasteiger partial charge >= 0.3 is 12.8 Å². The maximum absolute atomic E-state index is 12.9. The molecule has 1 aliphatic rings. The number of aromatic nitrogens is 3. The van der Waals surface area contributed by atoms with Gasteiger partial charge in [-0.2, -0.15) is 0 Å². The van der Waals surface area contributed by atoms with E-state index < -0.39 is 18.3 Å². The van der Waals surface area contributed by atoms with Crippen LogP contribution < -0.4 is 16.7 Å². The van der Waals surface area contributed by atoms with Crippen molar-refractivity contribution in [1.82, 2.24) is 14.1 Å². The van der Waals surface area contributed by atoms with Crippen LogP contribution in [0.2, 0.25) is 0 Å². The molecule has 0 aromatic carbocycles. The number of hydrogen-bond donors (Lipinski definition) is 0. The Hall–Kier alpha value is -1.93. The number of hydrogen-bond acceptors (Lipinski definition) is 5. The lowest BCUT2D eigenvalue weighted by molar-refractivity contribution is 0.00578. The molecule has 1 saturated heterocycles. The van der Waals surface area contributed by atoms with Crippen LogP contribution in [0, 0.1) is 0 Å². The normalized spacial score (nSPS) is 18.6. The number of aryl methyl sites for hydroxylation is 1. The standard InChI is InChI=1S/C18H26BN3O4/c1-7-8-9-22-15(23)13-10-12(11-20-14(13)21(6)16(22)24)19-25-17(2,3)18(4,5)26-19/h10-11H,7-9H2,1-6H3. The number of unbranched alkanes of at least 4 members (excludes halogenated alkanes) is 1. The molecule has 26 heavy (non-hydrogen) atoms. The van der Waals surface area contributed by atoms with Gasteiger partial charge in [0, 0.05) is 25.3 Å². The van der Waals surface area contributed by atoms with Crippen molar-refractivity contribution in [2.75, 3.05) is 0 Å². The first-order chi connectivity index (χ1) is 12.1. The van der Waals surface area contributed by atoms with E-state index in [-0.39, 0.29) is 11.2 Å². The minimum atomic E-state index is -0.599. The van der Waals surface area contributed by atoms with Crippen LogP contribution in [-0.2, 0) is 22.9 Å². The summed E-state index contributed by atoms with van der Waals surface area (Å²) in [6.07, 6.45) is 3.28. The minimum Gasteiger partial charge on any atom is -0.399 e. The van der Waals surface area contributed by atoms with E-state index in [1.54, 1.807) is 19.3 Å². The number of rotatable bonds is 4. The van der Waals surface area contributed by atoms with Crippen molar-refractivity contribution >= 4 is 23.6 Å². The zero-order chi connectivity index (χ0) is 19.3. The molecule has 1 aliphatic heterocycles. The predicted molar refractivity (Wildman–Crippen MR) is 102 cm³/mol. The van der Waals surface area contributed by atoms with Crippen molar-refractivity contribution in [2.24, 2.45) is 7.05 Å². The van der Waals surface area contributed by atoms with Crippen molar-refractivity contribution in [3.63, 3.8) is 0 Å². The lowest BCUT2D eigenvalue weighted by Gasteiger charge is -2.32.